The highest BCUT2D eigenvalue weighted by Gasteiger charge is 2.46. The number of nitrogens with zero attached hydrogens (tertiary/aromatic N) is 4. The van der Waals surface area contributed by atoms with Crippen molar-refractivity contribution in [2.24, 2.45) is 0 Å². The molecule has 38 heavy (non-hydrogen) atoms. The number of aromatic nitrogens is 4. The number of rotatable bonds is 10. The number of nitrogen functional groups attached to an aromatic ring is 1. The van der Waals surface area contributed by atoms with Crippen molar-refractivity contribution in [2.45, 2.75) is 67.6 Å². The second-order valence-corrected chi connectivity index (χ2v) is 11.9. The van der Waals surface area contributed by atoms with Crippen LogP contribution in [-0.4, -0.2) is 94.6 Å². The standard InChI is InChI=1S/C20H28N7O9PS/c21-17-14-18(23-7-22-17)27(8-24-14)19-16(30)15(29)10(35-19)5-34-37(32,33)36-12(28)4-2-1-3-11-13-9(6-38-11)25-20(31)26-13/h7-11,13,15-16,19,29-30H,1-6H2,(H,32,33)(H2,21,22,23)(H2,25,26,31)/t9-,10+,11-,13-,15?,16-,19+/m0/s1. The predicted octanol–water partition coefficient (Wildman–Crippen LogP) is -0.586. The summed E-state index contributed by atoms with van der Waals surface area (Å²) in [4.78, 5) is 45.5. The molecule has 3 fully saturated rings. The third kappa shape index (κ3) is 5.59. The van der Waals surface area contributed by atoms with Crippen molar-refractivity contribution in [1.29, 1.82) is 0 Å². The summed E-state index contributed by atoms with van der Waals surface area (Å²) in [6.07, 6.45) is -0.985. The minimum atomic E-state index is -4.80. The molecule has 0 spiro atoms. The molecule has 5 heterocycles. The third-order valence-corrected chi connectivity index (χ3v) is 9.09. The lowest BCUT2D eigenvalue weighted by Crippen LogP contribution is -2.36. The Kier molecular flexibility index (Phi) is 7.77. The van der Waals surface area contributed by atoms with Crippen LogP contribution in [0, 0.1) is 0 Å². The van der Waals surface area contributed by atoms with Gasteiger partial charge in [-0.1, -0.05) is 6.42 Å². The number of ether oxygens (including phenoxy) is 1. The molecule has 208 valence electrons. The molecule has 0 aromatic carbocycles. The first-order valence-corrected chi connectivity index (χ1v) is 14.5. The van der Waals surface area contributed by atoms with E-state index < -0.39 is 44.9 Å². The number of urea groups is 1. The van der Waals surface area contributed by atoms with Crippen molar-refractivity contribution in [3.8, 4) is 0 Å². The maximum absolute atomic E-state index is 12.3. The normalized spacial score (nSPS) is 32.1. The molecule has 3 saturated heterocycles. The quantitative estimate of drug-likeness (QED) is 0.119. The van der Waals surface area contributed by atoms with E-state index in [0.717, 1.165) is 12.2 Å². The Morgan fingerprint density at radius 2 is 2.08 bits per heavy atom. The van der Waals surface area contributed by atoms with Gasteiger partial charge in [-0.25, -0.2) is 24.3 Å². The number of hydrogen-bond donors (Lipinski definition) is 6. The summed E-state index contributed by atoms with van der Waals surface area (Å²) in [5.41, 5.74) is 6.30. The molecular weight excluding hydrogens is 545 g/mol. The number of phosphoric ester groups is 1. The van der Waals surface area contributed by atoms with Crippen molar-refractivity contribution < 1.29 is 43.0 Å². The van der Waals surface area contributed by atoms with Gasteiger partial charge in [0.15, 0.2) is 17.7 Å². The first kappa shape index (κ1) is 27.1. The van der Waals surface area contributed by atoms with Crippen molar-refractivity contribution >= 4 is 48.6 Å². The number of anilines is 1. The fourth-order valence-electron chi connectivity index (χ4n) is 4.78. The molecule has 0 radical (unpaired) electrons. The highest BCUT2D eigenvalue weighted by molar-refractivity contribution is 8.00. The Morgan fingerprint density at radius 3 is 2.89 bits per heavy atom. The van der Waals surface area contributed by atoms with Crippen LogP contribution in [0.3, 0.4) is 0 Å². The summed E-state index contributed by atoms with van der Waals surface area (Å²) in [6, 6.07) is 0.0180. The second kappa shape index (κ2) is 10.9. The number of unbranched alkanes of at least 4 members (excludes halogenated alkanes) is 1. The van der Waals surface area contributed by atoms with Crippen molar-refractivity contribution in [1.82, 2.24) is 30.2 Å². The molecule has 16 nitrogen and oxygen atoms in total. The van der Waals surface area contributed by atoms with Crippen LogP contribution in [0.1, 0.15) is 31.9 Å². The van der Waals surface area contributed by atoms with Gasteiger partial charge in [-0.3, -0.25) is 18.8 Å². The van der Waals surface area contributed by atoms with Crippen LogP contribution in [0.2, 0.25) is 0 Å². The lowest BCUT2D eigenvalue weighted by atomic mass is 10.0. The number of imidazole rings is 1. The van der Waals surface area contributed by atoms with Crippen LogP contribution >= 0.6 is 19.6 Å². The molecule has 0 aliphatic carbocycles. The Bertz CT molecular complexity index is 1250. The number of hydrogen-bond acceptors (Lipinski definition) is 13. The van der Waals surface area contributed by atoms with Gasteiger partial charge in [0, 0.05) is 17.4 Å². The maximum atomic E-state index is 12.3. The molecule has 2 amide bonds. The average molecular weight is 574 g/mol. The molecule has 8 atom stereocenters. The van der Waals surface area contributed by atoms with E-state index >= 15 is 0 Å². The molecule has 2 aromatic heterocycles. The van der Waals surface area contributed by atoms with E-state index in [9.17, 15) is 29.3 Å². The highest BCUT2D eigenvalue weighted by atomic mass is 32.2. The van der Waals surface area contributed by atoms with Crippen molar-refractivity contribution in [2.75, 3.05) is 18.1 Å². The third-order valence-electron chi connectivity index (χ3n) is 6.68. The molecule has 7 N–H and O–H groups in total. The summed E-state index contributed by atoms with van der Waals surface area (Å²) in [5.74, 6) is 0.0483. The topological polar surface area (TPSA) is 233 Å². The molecule has 18 heteroatoms. The molecular formula is C20H28N7O9PS. The summed E-state index contributed by atoms with van der Waals surface area (Å²) < 4.78 is 28.8. The average Bonchev–Trinajstić information content (AvgIpc) is 3.61. The van der Waals surface area contributed by atoms with E-state index in [1.807, 2.05) is 0 Å². The van der Waals surface area contributed by atoms with Gasteiger partial charge in [0.25, 0.3) is 0 Å². The Hall–Kier alpha value is -2.53. The van der Waals surface area contributed by atoms with Gasteiger partial charge < -0.3 is 35.8 Å². The molecule has 5 rings (SSSR count). The van der Waals surface area contributed by atoms with Gasteiger partial charge in [0.05, 0.1) is 25.0 Å². The second-order valence-electron chi connectivity index (χ2n) is 9.22. The maximum Gasteiger partial charge on any atom is 0.529 e. The Balaban J connectivity index is 1.06. The summed E-state index contributed by atoms with van der Waals surface area (Å²) >= 11 is 1.76. The lowest BCUT2D eigenvalue weighted by molar-refractivity contribution is -0.136. The van der Waals surface area contributed by atoms with E-state index in [0.29, 0.717) is 12.8 Å². The molecule has 3 aliphatic rings. The van der Waals surface area contributed by atoms with Gasteiger partial charge >= 0.3 is 19.8 Å². The number of aliphatic hydroxyl groups is 2. The molecule has 2 aromatic rings. The molecule has 2 unspecified atom stereocenters. The van der Waals surface area contributed by atoms with Crippen LogP contribution in [0.5, 0.6) is 0 Å². The first-order valence-electron chi connectivity index (χ1n) is 12.0. The number of amides is 2. The Morgan fingerprint density at radius 1 is 1.26 bits per heavy atom. The monoisotopic (exact) mass is 573 g/mol. The van der Waals surface area contributed by atoms with Gasteiger partial charge in [-0.2, -0.15) is 11.8 Å². The van der Waals surface area contributed by atoms with Crippen molar-refractivity contribution in [3.05, 3.63) is 12.7 Å². The minimum Gasteiger partial charge on any atom is -0.387 e. The van der Waals surface area contributed by atoms with Gasteiger partial charge in [-0.05, 0) is 12.8 Å². The van der Waals surface area contributed by atoms with Crippen molar-refractivity contribution in [3.63, 3.8) is 0 Å². The predicted molar refractivity (Wildman–Crippen MR) is 131 cm³/mol. The molecule has 0 saturated carbocycles. The first-order chi connectivity index (χ1) is 18.1. The number of carbonyl (C=O) groups is 2. The zero-order chi connectivity index (χ0) is 27.0. The van der Waals surface area contributed by atoms with Crippen LogP contribution in [0.15, 0.2) is 12.7 Å². The van der Waals surface area contributed by atoms with Gasteiger partial charge in [0.2, 0.25) is 0 Å². The number of phosphoric acid groups is 1. The number of thioether (sulfide) groups is 1. The van der Waals surface area contributed by atoms with E-state index in [4.69, 9.17) is 15.0 Å². The number of carbonyl (C=O) groups excluding carboxylic acids is 2. The molecule has 3 aliphatic heterocycles. The van der Waals surface area contributed by atoms with Gasteiger partial charge in [0.1, 0.15) is 30.2 Å². The zero-order valence-corrected chi connectivity index (χ0v) is 21.7. The van der Waals surface area contributed by atoms with Crippen LogP contribution < -0.4 is 16.4 Å². The fraction of sp³-hybridized carbons (Fsp3) is 0.650. The summed E-state index contributed by atoms with van der Waals surface area (Å²) in [7, 11) is -4.80. The van der Waals surface area contributed by atoms with E-state index in [-0.39, 0.29) is 46.8 Å². The zero-order valence-electron chi connectivity index (χ0n) is 20.0. The largest absolute Gasteiger partial charge is 0.529 e. The van der Waals surface area contributed by atoms with E-state index in [1.54, 1.807) is 11.8 Å². The van der Waals surface area contributed by atoms with E-state index in [1.165, 1.54) is 17.2 Å². The summed E-state index contributed by atoms with van der Waals surface area (Å²) in [5, 5.41) is 26.9. The minimum absolute atomic E-state index is 0.0655. The SMILES string of the molecule is Nc1ncnc2c1ncn2[C@@H]1O[C@H](COP(=O)(O)OC(=O)CCCC[C@@H]2SC[C@@H]3NC(=O)N[C@@H]32)C(O)[C@@H]1O. The Labute approximate surface area is 220 Å². The van der Waals surface area contributed by atoms with Crippen LogP contribution in [-0.2, 0) is 23.1 Å². The summed E-state index contributed by atoms with van der Waals surface area (Å²) in [6.45, 7) is -0.638. The highest BCUT2D eigenvalue weighted by Crippen LogP contribution is 2.45. The number of fused-ring (bicyclic) bond motifs is 2. The lowest BCUT2D eigenvalue weighted by Gasteiger charge is -2.18. The van der Waals surface area contributed by atoms with Crippen LogP contribution in [0.4, 0.5) is 10.6 Å². The smallest absolute Gasteiger partial charge is 0.387 e. The van der Waals surface area contributed by atoms with Crippen LogP contribution in [0.25, 0.3) is 11.2 Å². The number of aliphatic hydroxyl groups excluding tert-OH is 2. The van der Waals surface area contributed by atoms with Gasteiger partial charge in [-0.15, -0.1) is 0 Å². The van der Waals surface area contributed by atoms with E-state index in [2.05, 4.69) is 30.1 Å². The number of nitrogens with two attached hydrogens (primary N) is 1. The fourth-order valence-corrected chi connectivity index (χ4v) is 7.06. The molecule has 0 bridgehead atoms. The number of nitrogens with one attached hydrogen (secondary N) is 2.